The smallest absolute Gasteiger partial charge is 0.223 e. The lowest BCUT2D eigenvalue weighted by Crippen LogP contribution is -2.41. The molecule has 0 radical (unpaired) electrons. The van der Waals surface area contributed by atoms with Crippen LogP contribution in [0.4, 0.5) is 0 Å². The molecule has 9 heteroatoms. The normalized spacial score (nSPS) is 14.9. The number of nitrogens with zero attached hydrogens (tertiary/aromatic N) is 1. The van der Waals surface area contributed by atoms with Gasteiger partial charge in [-0.3, -0.25) is 9.79 Å². The first-order valence-corrected chi connectivity index (χ1v) is 9.46. The van der Waals surface area contributed by atoms with Gasteiger partial charge in [0.25, 0.3) is 0 Å². The van der Waals surface area contributed by atoms with Gasteiger partial charge < -0.3 is 16.0 Å². The van der Waals surface area contributed by atoms with Crippen molar-refractivity contribution in [2.24, 2.45) is 10.9 Å². The summed E-state index contributed by atoms with van der Waals surface area (Å²) >= 11 is 0. The first kappa shape index (κ1) is 21.4. The molecule has 0 aliphatic heterocycles. The SMILES string of the molecule is CCNC(=NCCCS(C)(=O)=O)NCCNC(=O)C1CC1.I. The average Bonchev–Trinajstić information content (AvgIpc) is 3.22. The molecule has 1 aliphatic rings. The fourth-order valence-corrected chi connectivity index (χ4v) is 2.37. The van der Waals surface area contributed by atoms with Gasteiger partial charge in [0.2, 0.25) is 5.91 Å². The van der Waals surface area contributed by atoms with Crippen LogP contribution in [0.15, 0.2) is 4.99 Å². The van der Waals surface area contributed by atoms with Crippen LogP contribution >= 0.6 is 24.0 Å². The Labute approximate surface area is 150 Å². The number of amides is 1. The van der Waals surface area contributed by atoms with Gasteiger partial charge in [0.1, 0.15) is 9.84 Å². The second kappa shape index (κ2) is 11.0. The van der Waals surface area contributed by atoms with Gasteiger partial charge in [0.05, 0.1) is 5.75 Å². The van der Waals surface area contributed by atoms with Crippen LogP contribution in [0.3, 0.4) is 0 Å². The molecule has 7 nitrogen and oxygen atoms in total. The number of carbonyl (C=O) groups excluding carboxylic acids is 1. The maximum absolute atomic E-state index is 11.4. The number of aliphatic imine (C=N–C) groups is 1. The van der Waals surface area contributed by atoms with Gasteiger partial charge in [-0.25, -0.2) is 8.42 Å². The van der Waals surface area contributed by atoms with Crippen molar-refractivity contribution in [1.82, 2.24) is 16.0 Å². The molecule has 0 saturated heterocycles. The number of sulfone groups is 1. The standard InChI is InChI=1S/C13H26N4O3S.HI/c1-3-14-13(16-7-4-10-21(2,19)20)17-9-8-15-12(18)11-5-6-11;/h11H,3-10H2,1-2H3,(H,15,18)(H2,14,16,17);1H. The quantitative estimate of drug-likeness (QED) is 0.202. The number of guanidine groups is 1. The van der Waals surface area contributed by atoms with Crippen LogP contribution in [0.5, 0.6) is 0 Å². The average molecular weight is 446 g/mol. The van der Waals surface area contributed by atoms with E-state index in [1.807, 2.05) is 6.92 Å². The van der Waals surface area contributed by atoms with E-state index in [-0.39, 0.29) is 41.6 Å². The lowest BCUT2D eigenvalue weighted by molar-refractivity contribution is -0.122. The van der Waals surface area contributed by atoms with Gasteiger partial charge in [0, 0.05) is 38.4 Å². The number of carbonyl (C=O) groups is 1. The maximum atomic E-state index is 11.4. The van der Waals surface area contributed by atoms with Gasteiger partial charge in [-0.1, -0.05) is 0 Å². The molecular formula is C13H27IN4O3S. The second-order valence-electron chi connectivity index (χ2n) is 5.24. The summed E-state index contributed by atoms with van der Waals surface area (Å²) < 4.78 is 22.0. The molecule has 0 spiro atoms. The molecule has 1 rings (SSSR count). The van der Waals surface area contributed by atoms with Gasteiger partial charge >= 0.3 is 0 Å². The van der Waals surface area contributed by atoms with Gasteiger partial charge in [-0.15, -0.1) is 24.0 Å². The van der Waals surface area contributed by atoms with E-state index < -0.39 is 9.84 Å². The minimum absolute atomic E-state index is 0. The molecule has 0 bridgehead atoms. The molecule has 0 unspecified atom stereocenters. The molecule has 1 fully saturated rings. The van der Waals surface area contributed by atoms with Crippen molar-refractivity contribution < 1.29 is 13.2 Å². The molecule has 0 heterocycles. The summed E-state index contributed by atoms with van der Waals surface area (Å²) in [6.07, 6.45) is 3.74. The topological polar surface area (TPSA) is 99.7 Å². The maximum Gasteiger partial charge on any atom is 0.223 e. The van der Waals surface area contributed by atoms with Crippen molar-refractivity contribution in [3.8, 4) is 0 Å². The number of halogens is 1. The summed E-state index contributed by atoms with van der Waals surface area (Å²) in [5.41, 5.74) is 0. The third-order valence-electron chi connectivity index (χ3n) is 2.95. The molecule has 1 amide bonds. The van der Waals surface area contributed by atoms with Gasteiger partial charge in [-0.2, -0.15) is 0 Å². The van der Waals surface area contributed by atoms with Crippen molar-refractivity contribution in [1.29, 1.82) is 0 Å². The Bertz CT molecular complexity index is 464. The van der Waals surface area contributed by atoms with Crippen molar-refractivity contribution in [3.63, 3.8) is 0 Å². The molecule has 0 aromatic rings. The Morgan fingerprint density at radius 1 is 1.18 bits per heavy atom. The van der Waals surface area contributed by atoms with E-state index in [1.165, 1.54) is 6.26 Å². The molecule has 0 aromatic heterocycles. The predicted octanol–water partition coefficient (Wildman–Crippen LogP) is 0.120. The van der Waals surface area contributed by atoms with Crippen LogP contribution in [-0.4, -0.2) is 58.5 Å². The largest absolute Gasteiger partial charge is 0.357 e. The van der Waals surface area contributed by atoms with Crippen LogP contribution in [0.1, 0.15) is 26.2 Å². The fraction of sp³-hybridized carbons (Fsp3) is 0.846. The van der Waals surface area contributed by atoms with Crippen molar-refractivity contribution in [3.05, 3.63) is 0 Å². The van der Waals surface area contributed by atoms with Gasteiger partial charge in [0.15, 0.2) is 5.96 Å². The third kappa shape index (κ3) is 11.0. The molecule has 1 aliphatic carbocycles. The molecule has 0 atom stereocenters. The summed E-state index contributed by atoms with van der Waals surface area (Å²) in [5, 5.41) is 9.05. The van der Waals surface area contributed by atoms with Gasteiger partial charge in [-0.05, 0) is 26.2 Å². The van der Waals surface area contributed by atoms with Crippen LogP contribution in [0.25, 0.3) is 0 Å². The Kier molecular flexibility index (Phi) is 10.7. The fourth-order valence-electron chi connectivity index (χ4n) is 1.72. The first-order chi connectivity index (χ1) is 9.92. The van der Waals surface area contributed by atoms with E-state index in [1.54, 1.807) is 0 Å². The van der Waals surface area contributed by atoms with E-state index >= 15 is 0 Å². The first-order valence-electron chi connectivity index (χ1n) is 7.40. The molecule has 3 N–H and O–H groups in total. The van der Waals surface area contributed by atoms with Crippen molar-refractivity contribution in [2.75, 3.05) is 38.2 Å². The number of nitrogens with one attached hydrogen (secondary N) is 3. The highest BCUT2D eigenvalue weighted by Gasteiger charge is 2.28. The zero-order valence-electron chi connectivity index (χ0n) is 13.2. The minimum Gasteiger partial charge on any atom is -0.357 e. The number of hydrogen-bond donors (Lipinski definition) is 3. The number of rotatable bonds is 9. The highest BCUT2D eigenvalue weighted by molar-refractivity contribution is 14.0. The lowest BCUT2D eigenvalue weighted by Gasteiger charge is -2.11. The summed E-state index contributed by atoms with van der Waals surface area (Å²) in [6.45, 7) is 4.30. The minimum atomic E-state index is -2.92. The van der Waals surface area contributed by atoms with E-state index in [0.29, 0.717) is 32.0 Å². The molecule has 1 saturated carbocycles. The summed E-state index contributed by atoms with van der Waals surface area (Å²) in [5.74, 6) is 1.15. The van der Waals surface area contributed by atoms with E-state index in [9.17, 15) is 13.2 Å². The third-order valence-corrected chi connectivity index (χ3v) is 3.98. The monoisotopic (exact) mass is 446 g/mol. The zero-order valence-corrected chi connectivity index (χ0v) is 16.4. The Morgan fingerprint density at radius 2 is 1.82 bits per heavy atom. The van der Waals surface area contributed by atoms with Crippen LogP contribution < -0.4 is 16.0 Å². The van der Waals surface area contributed by atoms with E-state index in [0.717, 1.165) is 19.4 Å². The Hall–Kier alpha value is -0.580. The second-order valence-corrected chi connectivity index (χ2v) is 7.50. The summed E-state index contributed by atoms with van der Waals surface area (Å²) in [6, 6.07) is 0. The molecule has 22 heavy (non-hydrogen) atoms. The molecule has 130 valence electrons. The highest BCUT2D eigenvalue weighted by atomic mass is 127. The predicted molar refractivity (Wildman–Crippen MR) is 99.5 cm³/mol. The lowest BCUT2D eigenvalue weighted by atomic mass is 10.4. The summed E-state index contributed by atoms with van der Waals surface area (Å²) in [4.78, 5) is 15.7. The van der Waals surface area contributed by atoms with E-state index in [4.69, 9.17) is 0 Å². The highest BCUT2D eigenvalue weighted by Crippen LogP contribution is 2.28. The molecule has 0 aromatic carbocycles. The summed E-state index contributed by atoms with van der Waals surface area (Å²) in [7, 11) is -2.92. The van der Waals surface area contributed by atoms with Crippen molar-refractivity contribution >= 4 is 45.7 Å². The zero-order chi connectivity index (χ0) is 15.7. The van der Waals surface area contributed by atoms with Crippen molar-refractivity contribution in [2.45, 2.75) is 26.2 Å². The Balaban J connectivity index is 0.00000441. The number of hydrogen-bond acceptors (Lipinski definition) is 4. The van der Waals surface area contributed by atoms with E-state index in [2.05, 4.69) is 20.9 Å². The van der Waals surface area contributed by atoms with Crippen LogP contribution in [-0.2, 0) is 14.6 Å². The van der Waals surface area contributed by atoms with Crippen LogP contribution in [0.2, 0.25) is 0 Å². The van der Waals surface area contributed by atoms with Crippen LogP contribution in [0, 0.1) is 5.92 Å². The Morgan fingerprint density at radius 3 is 2.36 bits per heavy atom. The molecular weight excluding hydrogens is 419 g/mol.